The lowest BCUT2D eigenvalue weighted by Gasteiger charge is -2.21. The summed E-state index contributed by atoms with van der Waals surface area (Å²) in [6.07, 6.45) is 65.8. The predicted octanol–water partition coefficient (Wildman–Crippen LogP) is 17.3. The topological polar surface area (TPSA) is 231 Å². The normalized spacial score (nSPS) is 15.0. The molecule has 18 heteroatoms. The zero-order valence-electron chi connectivity index (χ0n) is 52.5. The second-order valence-corrected chi connectivity index (χ2v) is 24.1. The lowest BCUT2D eigenvalue weighted by atomic mass is 10.1. The van der Waals surface area contributed by atoms with Gasteiger partial charge in [0.1, 0.15) is 25.4 Å². The highest BCUT2D eigenvalue weighted by Crippen LogP contribution is 2.45. The number of phosphoric ester groups is 2. The lowest BCUT2D eigenvalue weighted by molar-refractivity contribution is -0.161. The number of allylic oxidation sites excluding steroid dienone is 18. The van der Waals surface area contributed by atoms with E-state index in [2.05, 4.69) is 130 Å². The van der Waals surface area contributed by atoms with Crippen molar-refractivity contribution in [3.63, 3.8) is 0 Å². The molecule has 0 aromatic carbocycles. The molecule has 0 bridgehead atoms. The van der Waals surface area contributed by atoms with Gasteiger partial charge in [0.15, 0.2) is 6.10 Å². The van der Waals surface area contributed by atoms with Crippen LogP contribution in [0.15, 0.2) is 109 Å². The summed E-state index contributed by atoms with van der Waals surface area (Å²) < 4.78 is 60.7. The molecule has 0 radical (unpaired) electrons. The van der Waals surface area contributed by atoms with E-state index in [1.54, 1.807) is 0 Å². The first kappa shape index (κ1) is 81.2. The quantitative estimate of drug-likeness (QED) is 0.0146. The molecule has 0 saturated heterocycles. The molecule has 0 amide bonds. The number of hydrogen-bond acceptors (Lipinski definition) is 14. The second kappa shape index (κ2) is 60.5. The van der Waals surface area contributed by atoms with Crippen LogP contribution in [0, 0.1) is 0 Å². The van der Waals surface area contributed by atoms with E-state index in [0.717, 1.165) is 141 Å². The number of esters is 3. The highest BCUT2D eigenvalue weighted by Gasteiger charge is 2.29. The average molecular weight is 1240 g/mol. The van der Waals surface area contributed by atoms with Crippen molar-refractivity contribution in [2.24, 2.45) is 0 Å². The standard InChI is InChI=1S/C67H114O16P2/c1-4-7-10-13-16-19-22-24-26-27-28-29-30-31-32-33-35-37-39-41-44-47-50-53-65(70)77-56-62(68)57-79-84(73,74)80-58-63(69)59-81-85(75,76)82-61-64(83-67(72)55-52-49-46-43-38-21-18-15-12-9-6-3)60-78-66(71)54-51-48-45-42-40-36-34-25-23-20-17-14-11-8-5-2/h7-8,10-11,16-17,19-20,24-26,28-29,31-32,34-35,37,62-64,68-69H,4-6,9,12-15,18,21-23,27,30,33,36,38-61H2,1-3H3,(H,73,74)(H,75,76)/b10-7-,11-8-,19-16-,20-17-,26-24-,29-28-,32-31-,34-25-,37-35-. The minimum absolute atomic E-state index is 0.101. The van der Waals surface area contributed by atoms with Crippen LogP contribution in [0.25, 0.3) is 0 Å². The van der Waals surface area contributed by atoms with E-state index in [-0.39, 0.29) is 19.3 Å². The molecular weight excluding hydrogens is 1120 g/mol. The first-order valence-electron chi connectivity index (χ1n) is 32.2. The van der Waals surface area contributed by atoms with Crippen molar-refractivity contribution in [3.05, 3.63) is 109 Å². The predicted molar refractivity (Wildman–Crippen MR) is 344 cm³/mol. The fourth-order valence-corrected chi connectivity index (χ4v) is 9.70. The third kappa shape index (κ3) is 61.6. The fraction of sp³-hybridized carbons (Fsp3) is 0.687. The van der Waals surface area contributed by atoms with Gasteiger partial charge in [0.25, 0.3) is 0 Å². The molecule has 0 saturated carbocycles. The molecule has 0 spiro atoms. The van der Waals surface area contributed by atoms with Gasteiger partial charge in [-0.15, -0.1) is 0 Å². The molecule has 0 aliphatic rings. The van der Waals surface area contributed by atoms with Crippen LogP contribution in [0.1, 0.15) is 239 Å². The second-order valence-electron chi connectivity index (χ2n) is 21.2. The van der Waals surface area contributed by atoms with Crippen LogP contribution in [-0.4, -0.2) is 95.9 Å². The van der Waals surface area contributed by atoms with Gasteiger partial charge in [-0.05, 0) is 103 Å². The third-order valence-corrected chi connectivity index (χ3v) is 14.9. The van der Waals surface area contributed by atoms with Crippen LogP contribution in [0.3, 0.4) is 0 Å². The molecule has 5 unspecified atom stereocenters. The lowest BCUT2D eigenvalue weighted by Crippen LogP contribution is -2.30. The summed E-state index contributed by atoms with van der Waals surface area (Å²) in [5, 5.41) is 20.5. The molecule has 488 valence electrons. The van der Waals surface area contributed by atoms with Crippen LogP contribution in [0.4, 0.5) is 0 Å². The minimum Gasteiger partial charge on any atom is -0.463 e. The van der Waals surface area contributed by atoms with E-state index in [1.165, 1.54) is 38.5 Å². The monoisotopic (exact) mass is 1240 g/mol. The zero-order valence-corrected chi connectivity index (χ0v) is 54.3. The Labute approximate surface area is 513 Å². The Morgan fingerprint density at radius 2 is 0.624 bits per heavy atom. The number of aliphatic hydroxyl groups excluding tert-OH is 2. The van der Waals surface area contributed by atoms with E-state index >= 15 is 0 Å². The van der Waals surface area contributed by atoms with Gasteiger partial charge >= 0.3 is 33.6 Å². The van der Waals surface area contributed by atoms with Gasteiger partial charge < -0.3 is 34.2 Å². The number of phosphoric acid groups is 2. The molecule has 0 aliphatic heterocycles. The zero-order chi connectivity index (χ0) is 62.4. The van der Waals surface area contributed by atoms with Gasteiger partial charge in [0, 0.05) is 19.3 Å². The van der Waals surface area contributed by atoms with Gasteiger partial charge in [-0.25, -0.2) is 9.13 Å². The summed E-state index contributed by atoms with van der Waals surface area (Å²) in [5.41, 5.74) is 0. The Kier molecular flexibility index (Phi) is 57.8. The number of carbonyl (C=O) groups is 3. The van der Waals surface area contributed by atoms with Crippen molar-refractivity contribution >= 4 is 33.6 Å². The van der Waals surface area contributed by atoms with Crippen molar-refractivity contribution in [3.8, 4) is 0 Å². The van der Waals surface area contributed by atoms with Gasteiger partial charge in [0.05, 0.1) is 26.4 Å². The molecule has 0 aromatic rings. The molecule has 16 nitrogen and oxygen atoms in total. The summed E-state index contributed by atoms with van der Waals surface area (Å²) in [4.78, 5) is 58.2. The summed E-state index contributed by atoms with van der Waals surface area (Å²) in [7, 11) is -9.78. The van der Waals surface area contributed by atoms with E-state index in [0.29, 0.717) is 19.3 Å². The summed E-state index contributed by atoms with van der Waals surface area (Å²) in [6, 6.07) is 0. The molecule has 4 N–H and O–H groups in total. The van der Waals surface area contributed by atoms with Gasteiger partial charge in [0.2, 0.25) is 0 Å². The maximum atomic E-state index is 12.8. The van der Waals surface area contributed by atoms with Crippen LogP contribution in [0.2, 0.25) is 0 Å². The van der Waals surface area contributed by atoms with E-state index < -0.39 is 91.5 Å². The van der Waals surface area contributed by atoms with Gasteiger partial charge in [-0.1, -0.05) is 226 Å². The Bertz CT molecular complexity index is 1990. The maximum Gasteiger partial charge on any atom is 0.472 e. The highest BCUT2D eigenvalue weighted by atomic mass is 31.2. The number of rotatable bonds is 60. The highest BCUT2D eigenvalue weighted by molar-refractivity contribution is 7.47. The fourth-order valence-electron chi connectivity index (χ4n) is 8.12. The van der Waals surface area contributed by atoms with Crippen LogP contribution < -0.4 is 0 Å². The number of unbranched alkanes of at least 4 members (excludes halogenated alkanes) is 19. The van der Waals surface area contributed by atoms with Crippen LogP contribution in [0.5, 0.6) is 0 Å². The van der Waals surface area contributed by atoms with E-state index in [9.17, 15) is 43.5 Å². The third-order valence-electron chi connectivity index (χ3n) is 13.0. The van der Waals surface area contributed by atoms with Crippen molar-refractivity contribution < 1.29 is 75.8 Å². The van der Waals surface area contributed by atoms with Gasteiger partial charge in [-0.2, -0.15) is 0 Å². The Balaban J connectivity index is 4.59. The van der Waals surface area contributed by atoms with E-state index in [4.69, 9.17) is 32.3 Å². The first-order valence-corrected chi connectivity index (χ1v) is 35.2. The molecule has 5 atom stereocenters. The number of carbonyl (C=O) groups excluding carboxylic acids is 3. The molecule has 0 fully saturated rings. The number of hydrogen-bond donors (Lipinski definition) is 4. The molecule has 0 rings (SSSR count). The summed E-state index contributed by atoms with van der Waals surface area (Å²) in [6.45, 7) is 2.36. The molecule has 85 heavy (non-hydrogen) atoms. The smallest absolute Gasteiger partial charge is 0.463 e. The Morgan fingerprint density at radius 1 is 0.341 bits per heavy atom. The largest absolute Gasteiger partial charge is 0.472 e. The Morgan fingerprint density at radius 3 is 0.988 bits per heavy atom. The van der Waals surface area contributed by atoms with Crippen molar-refractivity contribution in [1.29, 1.82) is 0 Å². The number of ether oxygens (including phenoxy) is 3. The first-order chi connectivity index (χ1) is 41.2. The Hall–Kier alpha value is -3.79. The van der Waals surface area contributed by atoms with E-state index in [1.807, 2.05) is 0 Å². The summed E-state index contributed by atoms with van der Waals surface area (Å²) >= 11 is 0. The van der Waals surface area contributed by atoms with Crippen molar-refractivity contribution in [2.75, 3.05) is 39.6 Å². The molecule has 0 heterocycles. The molecule has 0 aromatic heterocycles. The molecular formula is C67H114O16P2. The van der Waals surface area contributed by atoms with Crippen molar-refractivity contribution in [2.45, 2.75) is 257 Å². The summed E-state index contributed by atoms with van der Waals surface area (Å²) in [5.74, 6) is -1.62. The number of aliphatic hydroxyl groups is 2. The van der Waals surface area contributed by atoms with Crippen LogP contribution >= 0.6 is 15.6 Å². The maximum absolute atomic E-state index is 12.8. The minimum atomic E-state index is -4.92. The van der Waals surface area contributed by atoms with Crippen molar-refractivity contribution in [1.82, 2.24) is 0 Å². The van der Waals surface area contributed by atoms with Crippen LogP contribution in [-0.2, 0) is 55.8 Å². The SMILES string of the molecule is CC/C=C\C/C=C\C/C=C\C/C=C\C/C=C\C/C=C\CCCCCCC(=O)OCC(O)COP(=O)(O)OCC(O)COP(=O)(O)OCC(COC(=O)CCCCCCC/C=C\C/C=C\C/C=C\CC)OC(=O)CCCCCCCCCCCCC. The van der Waals surface area contributed by atoms with Gasteiger partial charge in [-0.3, -0.25) is 32.5 Å². The average Bonchev–Trinajstić information content (AvgIpc) is 3.60. The molecule has 0 aliphatic carbocycles.